The van der Waals surface area contributed by atoms with Gasteiger partial charge in [0.25, 0.3) is 0 Å². The van der Waals surface area contributed by atoms with E-state index in [1.54, 1.807) is 0 Å². The standard InChI is InChI=1S/C15H18BrNS/c1-10-8-9-15(18-10)12(3)17-11(2)13-6-4-5-7-14(13)16/h4-9,11-12,17H,1-3H3. The lowest BCUT2D eigenvalue weighted by molar-refractivity contribution is 0.499. The van der Waals surface area contributed by atoms with Gasteiger partial charge >= 0.3 is 0 Å². The summed E-state index contributed by atoms with van der Waals surface area (Å²) in [6, 6.07) is 13.5. The lowest BCUT2D eigenvalue weighted by Crippen LogP contribution is -2.22. The SMILES string of the molecule is Cc1ccc(C(C)NC(C)c2ccccc2Br)s1. The fourth-order valence-electron chi connectivity index (χ4n) is 2.06. The Morgan fingerprint density at radius 1 is 1.06 bits per heavy atom. The predicted molar refractivity (Wildman–Crippen MR) is 83.2 cm³/mol. The fourth-order valence-corrected chi connectivity index (χ4v) is 3.58. The Morgan fingerprint density at radius 3 is 2.39 bits per heavy atom. The van der Waals surface area contributed by atoms with Gasteiger partial charge in [0.1, 0.15) is 0 Å². The Hall–Kier alpha value is -0.640. The molecule has 0 aliphatic carbocycles. The van der Waals surface area contributed by atoms with E-state index in [1.165, 1.54) is 19.8 Å². The van der Waals surface area contributed by atoms with Crippen LogP contribution >= 0.6 is 27.3 Å². The van der Waals surface area contributed by atoms with Crippen molar-refractivity contribution in [3.8, 4) is 0 Å². The van der Waals surface area contributed by atoms with Crippen molar-refractivity contribution in [2.75, 3.05) is 0 Å². The van der Waals surface area contributed by atoms with Gasteiger partial charge in [-0.1, -0.05) is 34.1 Å². The van der Waals surface area contributed by atoms with Crippen molar-refractivity contribution in [3.05, 3.63) is 56.2 Å². The van der Waals surface area contributed by atoms with Gasteiger partial charge in [-0.15, -0.1) is 11.3 Å². The first kappa shape index (κ1) is 13.8. The van der Waals surface area contributed by atoms with E-state index in [9.17, 15) is 0 Å². The highest BCUT2D eigenvalue weighted by Gasteiger charge is 2.14. The third-order valence-corrected chi connectivity index (χ3v) is 4.97. The molecule has 0 aliphatic heterocycles. The Bertz CT molecular complexity index is 521. The van der Waals surface area contributed by atoms with Crippen molar-refractivity contribution in [3.63, 3.8) is 0 Å². The lowest BCUT2D eigenvalue weighted by Gasteiger charge is -2.20. The van der Waals surface area contributed by atoms with Gasteiger partial charge in [0, 0.05) is 26.3 Å². The normalized spacial score (nSPS) is 14.4. The van der Waals surface area contributed by atoms with E-state index in [0.29, 0.717) is 12.1 Å². The van der Waals surface area contributed by atoms with Crippen LogP contribution in [-0.4, -0.2) is 0 Å². The predicted octanol–water partition coefficient (Wildman–Crippen LogP) is 5.23. The minimum absolute atomic E-state index is 0.331. The second-order valence-corrected chi connectivity index (χ2v) is 6.75. The molecule has 2 aromatic rings. The Labute approximate surface area is 121 Å². The zero-order valence-electron chi connectivity index (χ0n) is 10.9. The van der Waals surface area contributed by atoms with Gasteiger partial charge < -0.3 is 5.32 Å². The summed E-state index contributed by atoms with van der Waals surface area (Å²) in [6.07, 6.45) is 0. The smallest absolute Gasteiger partial charge is 0.0391 e. The van der Waals surface area contributed by atoms with Gasteiger partial charge in [-0.3, -0.25) is 0 Å². The zero-order chi connectivity index (χ0) is 13.1. The molecule has 0 aliphatic rings. The van der Waals surface area contributed by atoms with Gasteiger partial charge in [0.05, 0.1) is 0 Å². The van der Waals surface area contributed by atoms with Crippen LogP contribution in [0.4, 0.5) is 0 Å². The summed E-state index contributed by atoms with van der Waals surface area (Å²) < 4.78 is 1.17. The van der Waals surface area contributed by atoms with Gasteiger partial charge in [0.15, 0.2) is 0 Å². The quantitative estimate of drug-likeness (QED) is 0.812. The third-order valence-electron chi connectivity index (χ3n) is 3.06. The van der Waals surface area contributed by atoms with Gasteiger partial charge in [0.2, 0.25) is 0 Å². The number of nitrogens with one attached hydrogen (secondary N) is 1. The molecule has 2 rings (SSSR count). The first-order chi connectivity index (χ1) is 8.58. The van der Waals surface area contributed by atoms with Crippen molar-refractivity contribution in [1.29, 1.82) is 0 Å². The number of rotatable bonds is 4. The molecule has 0 amide bonds. The number of benzene rings is 1. The minimum atomic E-state index is 0.331. The van der Waals surface area contributed by atoms with Crippen LogP contribution in [0.1, 0.15) is 41.2 Å². The van der Waals surface area contributed by atoms with Crippen molar-refractivity contribution in [2.45, 2.75) is 32.9 Å². The molecule has 0 saturated heterocycles. The summed E-state index contributed by atoms with van der Waals surface area (Å²) in [6.45, 7) is 6.58. The fraction of sp³-hybridized carbons (Fsp3) is 0.333. The summed E-state index contributed by atoms with van der Waals surface area (Å²) in [5.41, 5.74) is 1.30. The van der Waals surface area contributed by atoms with E-state index >= 15 is 0 Å². The third kappa shape index (κ3) is 3.22. The van der Waals surface area contributed by atoms with Crippen LogP contribution in [0.15, 0.2) is 40.9 Å². The zero-order valence-corrected chi connectivity index (χ0v) is 13.3. The largest absolute Gasteiger partial charge is 0.303 e. The molecule has 0 fully saturated rings. The molecular formula is C15H18BrNS. The number of aryl methyl sites for hydroxylation is 1. The van der Waals surface area contributed by atoms with Crippen molar-refractivity contribution in [1.82, 2.24) is 5.32 Å². The molecule has 1 nitrogen and oxygen atoms in total. The van der Waals surface area contributed by atoms with Gasteiger partial charge in [-0.2, -0.15) is 0 Å². The molecule has 2 unspecified atom stereocenters. The average Bonchev–Trinajstić information content (AvgIpc) is 2.76. The van der Waals surface area contributed by atoms with Gasteiger partial charge in [-0.25, -0.2) is 0 Å². The van der Waals surface area contributed by atoms with E-state index in [4.69, 9.17) is 0 Å². The molecule has 3 heteroatoms. The summed E-state index contributed by atoms with van der Waals surface area (Å²) in [5, 5.41) is 3.65. The Morgan fingerprint density at radius 2 is 1.78 bits per heavy atom. The minimum Gasteiger partial charge on any atom is -0.303 e. The average molecular weight is 324 g/mol. The van der Waals surface area contributed by atoms with E-state index < -0.39 is 0 Å². The van der Waals surface area contributed by atoms with E-state index in [2.05, 4.69) is 72.3 Å². The molecule has 0 saturated carbocycles. The highest BCUT2D eigenvalue weighted by molar-refractivity contribution is 9.10. The van der Waals surface area contributed by atoms with E-state index in [1.807, 2.05) is 17.4 Å². The van der Waals surface area contributed by atoms with Crippen LogP contribution in [0.3, 0.4) is 0 Å². The Balaban J connectivity index is 2.08. The molecule has 0 radical (unpaired) electrons. The molecule has 96 valence electrons. The van der Waals surface area contributed by atoms with Crippen LogP contribution in [0.2, 0.25) is 0 Å². The van der Waals surface area contributed by atoms with Crippen LogP contribution < -0.4 is 5.32 Å². The van der Waals surface area contributed by atoms with Crippen LogP contribution in [0.5, 0.6) is 0 Å². The monoisotopic (exact) mass is 323 g/mol. The molecule has 18 heavy (non-hydrogen) atoms. The molecule has 1 heterocycles. The van der Waals surface area contributed by atoms with Crippen LogP contribution in [-0.2, 0) is 0 Å². The number of halogens is 1. The molecular weight excluding hydrogens is 306 g/mol. The first-order valence-corrected chi connectivity index (χ1v) is 7.75. The molecule has 1 aromatic carbocycles. The molecule has 0 bridgehead atoms. The molecule has 2 atom stereocenters. The second-order valence-electron chi connectivity index (χ2n) is 4.58. The number of hydrogen-bond donors (Lipinski definition) is 1. The van der Waals surface area contributed by atoms with Crippen LogP contribution in [0, 0.1) is 6.92 Å². The summed E-state index contributed by atoms with van der Waals surface area (Å²) >= 11 is 5.47. The van der Waals surface area contributed by atoms with Crippen molar-refractivity contribution >= 4 is 27.3 Å². The maximum Gasteiger partial charge on any atom is 0.0391 e. The molecule has 1 N–H and O–H groups in total. The lowest BCUT2D eigenvalue weighted by atomic mass is 10.1. The summed E-state index contributed by atoms with van der Waals surface area (Å²) in [7, 11) is 0. The van der Waals surface area contributed by atoms with E-state index in [0.717, 1.165) is 0 Å². The summed E-state index contributed by atoms with van der Waals surface area (Å²) in [5.74, 6) is 0. The van der Waals surface area contributed by atoms with Crippen molar-refractivity contribution in [2.24, 2.45) is 0 Å². The number of hydrogen-bond acceptors (Lipinski definition) is 2. The topological polar surface area (TPSA) is 12.0 Å². The van der Waals surface area contributed by atoms with Crippen LogP contribution in [0.25, 0.3) is 0 Å². The van der Waals surface area contributed by atoms with Gasteiger partial charge in [-0.05, 0) is 44.5 Å². The number of thiophene rings is 1. The summed E-state index contributed by atoms with van der Waals surface area (Å²) in [4.78, 5) is 2.76. The highest BCUT2D eigenvalue weighted by Crippen LogP contribution is 2.28. The van der Waals surface area contributed by atoms with E-state index in [-0.39, 0.29) is 0 Å². The first-order valence-electron chi connectivity index (χ1n) is 6.14. The molecule has 1 aromatic heterocycles. The van der Waals surface area contributed by atoms with Crippen molar-refractivity contribution < 1.29 is 0 Å². The Kier molecular flexibility index (Phi) is 4.60. The molecule has 0 spiro atoms. The maximum absolute atomic E-state index is 3.65. The highest BCUT2D eigenvalue weighted by atomic mass is 79.9. The maximum atomic E-state index is 3.65. The second kappa shape index (κ2) is 6.00.